The third kappa shape index (κ3) is 2.78. The molecular weight excluding hydrogens is 212 g/mol. The van der Waals surface area contributed by atoms with Gasteiger partial charge in [-0.2, -0.15) is 0 Å². The van der Waals surface area contributed by atoms with Gasteiger partial charge in [0.25, 0.3) is 0 Å². The van der Waals surface area contributed by atoms with Gasteiger partial charge in [0.2, 0.25) is 0 Å². The number of urea groups is 1. The molecule has 3 heteroatoms. The molecule has 0 aliphatic heterocycles. The summed E-state index contributed by atoms with van der Waals surface area (Å²) >= 11 is 0. The monoisotopic (exact) mass is 232 g/mol. The average molecular weight is 232 g/mol. The summed E-state index contributed by atoms with van der Waals surface area (Å²) < 4.78 is 0. The van der Waals surface area contributed by atoms with Crippen LogP contribution in [0.1, 0.15) is 38.7 Å². The zero-order valence-electron chi connectivity index (χ0n) is 10.5. The van der Waals surface area contributed by atoms with Gasteiger partial charge in [-0.15, -0.1) is 0 Å². The third-order valence-electron chi connectivity index (χ3n) is 3.42. The zero-order chi connectivity index (χ0) is 12.3. The highest BCUT2D eigenvalue weighted by atomic mass is 16.2. The summed E-state index contributed by atoms with van der Waals surface area (Å²) in [7, 11) is 0. The van der Waals surface area contributed by atoms with E-state index in [2.05, 4.69) is 29.7 Å². The van der Waals surface area contributed by atoms with Crippen molar-refractivity contribution in [3.63, 3.8) is 0 Å². The van der Waals surface area contributed by atoms with Crippen LogP contribution in [0.15, 0.2) is 30.3 Å². The Kier molecular flexibility index (Phi) is 3.36. The Hall–Kier alpha value is -1.51. The van der Waals surface area contributed by atoms with Crippen LogP contribution in [0.2, 0.25) is 0 Å². The Balaban J connectivity index is 1.97. The predicted molar refractivity (Wildman–Crippen MR) is 68.8 cm³/mol. The van der Waals surface area contributed by atoms with Crippen LogP contribution in [0.25, 0.3) is 0 Å². The van der Waals surface area contributed by atoms with E-state index in [-0.39, 0.29) is 17.6 Å². The second-order valence-electron chi connectivity index (χ2n) is 4.86. The van der Waals surface area contributed by atoms with E-state index < -0.39 is 0 Å². The summed E-state index contributed by atoms with van der Waals surface area (Å²) in [5.74, 6) is 0. The molecule has 2 N–H and O–H groups in total. The summed E-state index contributed by atoms with van der Waals surface area (Å²) in [5, 5.41) is 6.04. The van der Waals surface area contributed by atoms with Gasteiger partial charge < -0.3 is 10.6 Å². The largest absolute Gasteiger partial charge is 0.336 e. The number of carbonyl (C=O) groups is 1. The van der Waals surface area contributed by atoms with E-state index in [0.717, 1.165) is 19.3 Å². The van der Waals surface area contributed by atoms with Crippen LogP contribution in [0.4, 0.5) is 4.79 Å². The molecule has 1 saturated carbocycles. The minimum absolute atomic E-state index is 0.0549. The van der Waals surface area contributed by atoms with Crippen LogP contribution in [0, 0.1) is 0 Å². The molecule has 1 aromatic rings. The number of hydrogen-bond donors (Lipinski definition) is 2. The summed E-state index contributed by atoms with van der Waals surface area (Å²) in [6, 6.07) is 10.4. The first-order chi connectivity index (χ1) is 8.16. The zero-order valence-corrected chi connectivity index (χ0v) is 10.5. The van der Waals surface area contributed by atoms with Crippen molar-refractivity contribution in [3.8, 4) is 0 Å². The van der Waals surface area contributed by atoms with Crippen LogP contribution in [0.5, 0.6) is 0 Å². The standard InChI is InChI=1S/C14H20N2O/c1-3-11(2)15-13(17)16-14(9-10-14)12-7-5-4-6-8-12/h4-8,11H,3,9-10H2,1-2H3,(H2,15,16,17). The van der Waals surface area contributed by atoms with Gasteiger partial charge in [-0.3, -0.25) is 0 Å². The maximum Gasteiger partial charge on any atom is 0.315 e. The first kappa shape index (κ1) is 12.0. The Bertz CT molecular complexity index is 384. The SMILES string of the molecule is CCC(C)NC(=O)NC1(c2ccccc2)CC1. The first-order valence-corrected chi connectivity index (χ1v) is 6.30. The van der Waals surface area contributed by atoms with E-state index in [1.165, 1.54) is 5.56 Å². The van der Waals surface area contributed by atoms with E-state index >= 15 is 0 Å². The van der Waals surface area contributed by atoms with Crippen molar-refractivity contribution in [2.75, 3.05) is 0 Å². The molecule has 0 heterocycles. The van der Waals surface area contributed by atoms with Crippen molar-refractivity contribution in [2.45, 2.75) is 44.7 Å². The lowest BCUT2D eigenvalue weighted by molar-refractivity contribution is 0.232. The first-order valence-electron chi connectivity index (χ1n) is 6.30. The molecule has 0 radical (unpaired) electrons. The van der Waals surface area contributed by atoms with E-state index in [1.807, 2.05) is 25.1 Å². The van der Waals surface area contributed by atoms with Crippen molar-refractivity contribution >= 4 is 6.03 Å². The molecule has 1 aliphatic rings. The molecule has 2 rings (SSSR count). The minimum atomic E-state index is -0.112. The molecule has 2 amide bonds. The smallest absolute Gasteiger partial charge is 0.315 e. The second kappa shape index (κ2) is 4.78. The summed E-state index contributed by atoms with van der Waals surface area (Å²) in [4.78, 5) is 11.8. The van der Waals surface area contributed by atoms with E-state index in [0.29, 0.717) is 0 Å². The number of hydrogen-bond acceptors (Lipinski definition) is 1. The molecule has 1 atom stereocenters. The fourth-order valence-electron chi connectivity index (χ4n) is 1.95. The third-order valence-corrected chi connectivity index (χ3v) is 3.42. The molecule has 0 aromatic heterocycles. The normalized spacial score (nSPS) is 18.2. The summed E-state index contributed by atoms with van der Waals surface area (Å²) in [6.07, 6.45) is 3.02. The van der Waals surface area contributed by atoms with Crippen molar-refractivity contribution in [2.24, 2.45) is 0 Å². The molecule has 0 bridgehead atoms. The van der Waals surface area contributed by atoms with Gasteiger partial charge in [-0.25, -0.2) is 4.79 Å². The molecular formula is C14H20N2O. The molecule has 1 aliphatic carbocycles. The van der Waals surface area contributed by atoms with Gasteiger partial charge in [0.05, 0.1) is 5.54 Å². The average Bonchev–Trinajstić information content (AvgIpc) is 3.11. The lowest BCUT2D eigenvalue weighted by Crippen LogP contribution is -2.45. The van der Waals surface area contributed by atoms with Crippen molar-refractivity contribution in [3.05, 3.63) is 35.9 Å². The van der Waals surface area contributed by atoms with Crippen LogP contribution < -0.4 is 10.6 Å². The van der Waals surface area contributed by atoms with Crippen molar-refractivity contribution in [1.29, 1.82) is 0 Å². The van der Waals surface area contributed by atoms with Crippen LogP contribution in [0.3, 0.4) is 0 Å². The maximum absolute atomic E-state index is 11.8. The van der Waals surface area contributed by atoms with E-state index in [4.69, 9.17) is 0 Å². The van der Waals surface area contributed by atoms with Gasteiger partial charge in [-0.1, -0.05) is 37.3 Å². The maximum atomic E-state index is 11.8. The highest BCUT2D eigenvalue weighted by Crippen LogP contribution is 2.45. The van der Waals surface area contributed by atoms with Gasteiger partial charge >= 0.3 is 6.03 Å². The Labute approximate surface area is 103 Å². The Morgan fingerprint density at radius 1 is 1.35 bits per heavy atom. The van der Waals surface area contributed by atoms with Crippen molar-refractivity contribution in [1.82, 2.24) is 10.6 Å². The molecule has 1 fully saturated rings. The van der Waals surface area contributed by atoms with Crippen LogP contribution in [-0.2, 0) is 5.54 Å². The molecule has 0 spiro atoms. The number of carbonyl (C=O) groups excluding carboxylic acids is 1. The molecule has 17 heavy (non-hydrogen) atoms. The quantitative estimate of drug-likeness (QED) is 0.823. The minimum Gasteiger partial charge on any atom is -0.336 e. The molecule has 1 aromatic carbocycles. The van der Waals surface area contributed by atoms with Crippen LogP contribution >= 0.6 is 0 Å². The highest BCUT2D eigenvalue weighted by molar-refractivity contribution is 5.76. The molecule has 0 saturated heterocycles. The summed E-state index contributed by atoms with van der Waals surface area (Å²) in [5.41, 5.74) is 1.10. The fourth-order valence-corrected chi connectivity index (χ4v) is 1.95. The van der Waals surface area contributed by atoms with E-state index in [9.17, 15) is 4.79 Å². The topological polar surface area (TPSA) is 41.1 Å². The number of nitrogens with one attached hydrogen (secondary N) is 2. The number of benzene rings is 1. The van der Waals surface area contributed by atoms with Gasteiger partial charge in [0.15, 0.2) is 0 Å². The Morgan fingerprint density at radius 3 is 2.53 bits per heavy atom. The second-order valence-corrected chi connectivity index (χ2v) is 4.86. The number of rotatable bonds is 4. The van der Waals surface area contributed by atoms with Gasteiger partial charge in [-0.05, 0) is 31.7 Å². The summed E-state index contributed by atoms with van der Waals surface area (Å²) in [6.45, 7) is 4.08. The predicted octanol–water partition coefficient (Wildman–Crippen LogP) is 2.77. The van der Waals surface area contributed by atoms with Gasteiger partial charge in [0.1, 0.15) is 0 Å². The molecule has 3 nitrogen and oxygen atoms in total. The van der Waals surface area contributed by atoms with Crippen LogP contribution in [-0.4, -0.2) is 12.1 Å². The molecule has 92 valence electrons. The van der Waals surface area contributed by atoms with Crippen molar-refractivity contribution < 1.29 is 4.79 Å². The lowest BCUT2D eigenvalue weighted by atomic mass is 10.1. The highest BCUT2D eigenvalue weighted by Gasteiger charge is 2.45. The fraction of sp³-hybridized carbons (Fsp3) is 0.500. The number of amides is 2. The lowest BCUT2D eigenvalue weighted by Gasteiger charge is -2.20. The molecule has 1 unspecified atom stereocenters. The van der Waals surface area contributed by atoms with Gasteiger partial charge in [0, 0.05) is 6.04 Å². The Morgan fingerprint density at radius 2 is 2.00 bits per heavy atom. The van der Waals surface area contributed by atoms with E-state index in [1.54, 1.807) is 0 Å².